The summed E-state index contributed by atoms with van der Waals surface area (Å²) in [4.78, 5) is 0. The first-order chi connectivity index (χ1) is 5.45. The summed E-state index contributed by atoms with van der Waals surface area (Å²) in [6, 6.07) is 0. The van der Waals surface area contributed by atoms with E-state index in [1.807, 2.05) is 3.28 Å². The van der Waals surface area contributed by atoms with Gasteiger partial charge in [-0.25, -0.2) is 0 Å². The standard InChI is InChI=1S/C5H5.C.2ClH.4Sb.Zr.H/c1-2-4-5-3-1;;;;;;;;;/h1-3H,4H2;;2*1H;;;;;;/q;;;;;;;;+2;/p-2. The molecule has 2 aliphatic rings. The molecule has 1 aliphatic heterocycles. The van der Waals surface area contributed by atoms with Crippen molar-refractivity contribution in [3.63, 3.8) is 0 Å². The van der Waals surface area contributed by atoms with E-state index in [-0.39, 0.29) is 48.0 Å². The molecule has 2 rings (SSSR count). The number of hydrogen-bond donors (Lipinski definition) is 0. The minimum Gasteiger partial charge on any atom is -1.00 e. The Bertz CT molecular complexity index is 256. The number of hydrogen-bond acceptors (Lipinski definition) is 0. The van der Waals surface area contributed by atoms with Crippen LogP contribution in [-0.2, 0) is 23.2 Å². The van der Waals surface area contributed by atoms with Gasteiger partial charge >= 0.3 is 110 Å². The summed E-state index contributed by atoms with van der Waals surface area (Å²) in [6.07, 6.45) is 8.46. The molecule has 1 aliphatic carbocycles. The Hall–Kier alpha value is 4.09. The second kappa shape index (κ2) is 10.0. The molecule has 0 aromatic heterocycles. The maximum absolute atomic E-state index is 2.44. The van der Waals surface area contributed by atoms with Gasteiger partial charge in [-0.2, -0.15) is 0 Å². The molecule has 0 N–H and O–H groups in total. The molecule has 68 valence electrons. The molecule has 1 heterocycles. The van der Waals surface area contributed by atoms with Gasteiger partial charge in [0.1, 0.15) is 0 Å². The molecule has 0 radical (unpaired) electrons. The van der Waals surface area contributed by atoms with Crippen molar-refractivity contribution in [1.29, 1.82) is 0 Å². The van der Waals surface area contributed by atoms with Gasteiger partial charge < -0.3 is 24.8 Å². The molecule has 0 fully saturated rings. The topological polar surface area (TPSA) is 0 Å². The summed E-state index contributed by atoms with van der Waals surface area (Å²) in [7, 11) is 0. The zero-order chi connectivity index (χ0) is 7.52. The monoisotopic (exact) mass is 722 g/mol. The molecule has 0 unspecified atom stereocenters. The summed E-state index contributed by atoms with van der Waals surface area (Å²) in [6.45, 7) is 0. The Morgan fingerprint density at radius 2 is 2.23 bits per heavy atom. The zero-order valence-corrected chi connectivity index (χ0v) is 21.0. The fourth-order valence-electron chi connectivity index (χ4n) is 0.904. The molecule has 0 saturated carbocycles. The third kappa shape index (κ3) is 6.54. The molecule has 0 aromatic rings. The van der Waals surface area contributed by atoms with Crippen LogP contribution in [0.25, 0.3) is 0 Å². The first-order valence-corrected chi connectivity index (χ1v) is 35.9. The molecular weight excluding hydrogens is 721 g/mol. The predicted octanol–water partition coefficient (Wildman–Crippen LogP) is -6.68. The minimum absolute atomic E-state index is 0. The van der Waals surface area contributed by atoms with Crippen LogP contribution in [0.3, 0.4) is 0 Å². The van der Waals surface area contributed by atoms with Gasteiger partial charge in [0.2, 0.25) is 0 Å². The van der Waals surface area contributed by atoms with Crippen LogP contribution >= 0.6 is 0 Å². The van der Waals surface area contributed by atoms with Crippen molar-refractivity contribution >= 4 is 59.0 Å². The van der Waals surface area contributed by atoms with E-state index in [0.29, 0.717) is 47.2 Å². The van der Waals surface area contributed by atoms with Gasteiger partial charge in [-0.05, 0) is 0 Å². The third-order valence-corrected chi connectivity index (χ3v) is 185. The van der Waals surface area contributed by atoms with Gasteiger partial charge in [0.05, 0.1) is 0 Å². The Labute approximate surface area is 131 Å². The van der Waals surface area contributed by atoms with E-state index in [1.165, 1.54) is 6.42 Å². The van der Waals surface area contributed by atoms with Crippen LogP contribution in [0.4, 0.5) is 0 Å². The van der Waals surface area contributed by atoms with Crippen LogP contribution in [0.1, 0.15) is 6.42 Å². The normalized spacial score (nSPS) is 16.9. The predicted molar refractivity (Wildman–Crippen MR) is 51.3 cm³/mol. The van der Waals surface area contributed by atoms with Crippen LogP contribution in [0.15, 0.2) is 21.5 Å². The summed E-state index contributed by atoms with van der Waals surface area (Å²) in [5, 5.41) is 0. The first-order valence-electron chi connectivity index (χ1n) is 3.31. The van der Waals surface area contributed by atoms with Crippen molar-refractivity contribution in [2.24, 2.45) is 0 Å². The summed E-state index contributed by atoms with van der Waals surface area (Å²) < 4.78 is 4.34. The van der Waals surface area contributed by atoms with Crippen molar-refractivity contribution in [3.8, 4) is 0 Å². The molecule has 0 atom stereocenters. The largest absolute Gasteiger partial charge is 1.00 e. The van der Waals surface area contributed by atoms with E-state index in [1.54, 1.807) is 0 Å². The SMILES string of the molecule is C1=CC[C]([Zr+2][C]2=[Sb][Sb]=[Sb][SbH]2)=C1.[Cl-].[Cl-]. The van der Waals surface area contributed by atoms with E-state index < -0.39 is 0 Å². The molecule has 0 saturated heterocycles. The molecule has 7 heteroatoms. The second-order valence-corrected chi connectivity index (χ2v) is 84.8. The minimum atomic E-state index is 0. The van der Waals surface area contributed by atoms with Crippen molar-refractivity contribution in [1.82, 2.24) is 0 Å². The van der Waals surface area contributed by atoms with E-state index in [0.717, 1.165) is 12.7 Å². The molecule has 13 heavy (non-hydrogen) atoms. The van der Waals surface area contributed by atoms with Crippen LogP contribution in [0.2, 0.25) is 0 Å². The number of halogens is 2. The van der Waals surface area contributed by atoms with Crippen LogP contribution < -0.4 is 24.8 Å². The van der Waals surface area contributed by atoms with Gasteiger partial charge in [-0.1, -0.05) is 0 Å². The average molecular weight is 727 g/mol. The quantitative estimate of drug-likeness (QED) is 0.249. The Kier molecular flexibility index (Phi) is 13.2. The van der Waals surface area contributed by atoms with Crippen LogP contribution in [0, 0.1) is 0 Å². The van der Waals surface area contributed by atoms with Gasteiger partial charge in [0, 0.05) is 0 Å². The summed E-state index contributed by atoms with van der Waals surface area (Å²) >= 11 is 2.37. The van der Waals surface area contributed by atoms with Crippen molar-refractivity contribution < 1.29 is 48.0 Å². The Morgan fingerprint density at radius 3 is 2.77 bits per heavy atom. The summed E-state index contributed by atoms with van der Waals surface area (Å²) in [5.74, 6) is 0. The maximum Gasteiger partial charge on any atom is -1.00 e. The van der Waals surface area contributed by atoms with Crippen molar-refractivity contribution in [2.75, 3.05) is 0 Å². The average Bonchev–Trinajstić information content (AvgIpc) is 2.60. The van der Waals surface area contributed by atoms with Crippen LogP contribution in [-0.4, -0.2) is 59.0 Å². The van der Waals surface area contributed by atoms with E-state index in [9.17, 15) is 0 Å². The first kappa shape index (κ1) is 17.1. The van der Waals surface area contributed by atoms with Gasteiger partial charge in [0.15, 0.2) is 0 Å². The Morgan fingerprint density at radius 1 is 1.38 bits per heavy atom. The van der Waals surface area contributed by atoms with Crippen molar-refractivity contribution in [3.05, 3.63) is 21.5 Å². The Balaban J connectivity index is 0.000000720. The van der Waals surface area contributed by atoms with E-state index in [4.69, 9.17) is 0 Å². The molecule has 0 spiro atoms. The summed E-state index contributed by atoms with van der Waals surface area (Å²) in [5.41, 5.74) is 0. The number of rotatable bonds is 2. The van der Waals surface area contributed by atoms with Crippen molar-refractivity contribution in [2.45, 2.75) is 6.42 Å². The zero-order valence-electron chi connectivity index (χ0n) is 6.54. The van der Waals surface area contributed by atoms with E-state index in [2.05, 4.69) is 17.3 Å². The fourth-order valence-corrected chi connectivity index (χ4v) is 333. The molecule has 0 nitrogen and oxygen atoms in total. The molecule has 0 aromatic carbocycles. The fraction of sp³-hybridized carbons (Fsp3) is 0.167. The molecular formula is C6H6Cl2Sb4Zr. The maximum atomic E-state index is 2.44. The second-order valence-electron chi connectivity index (χ2n) is 2.20. The smallest absolute Gasteiger partial charge is 1.00 e. The van der Waals surface area contributed by atoms with Gasteiger partial charge in [0.25, 0.3) is 0 Å². The molecule has 0 amide bonds. The molecule has 0 bridgehead atoms. The van der Waals surface area contributed by atoms with Gasteiger partial charge in [-0.15, -0.1) is 0 Å². The third-order valence-electron chi connectivity index (χ3n) is 1.40. The number of allylic oxidation sites excluding steroid dienone is 4. The van der Waals surface area contributed by atoms with Crippen LogP contribution in [0.5, 0.6) is 0 Å². The van der Waals surface area contributed by atoms with E-state index >= 15 is 0 Å². The van der Waals surface area contributed by atoms with Gasteiger partial charge in [-0.3, -0.25) is 0 Å².